The first kappa shape index (κ1) is 19.8. The van der Waals surface area contributed by atoms with Crippen molar-refractivity contribution in [2.24, 2.45) is 4.99 Å². The number of aromatic nitrogens is 1. The third-order valence-electron chi connectivity index (χ3n) is 5.18. The number of likely N-dealkylation sites (tertiary alicyclic amines) is 1. The summed E-state index contributed by atoms with van der Waals surface area (Å²) in [6.45, 7) is 10.5. The molecule has 1 aromatic carbocycles. The summed E-state index contributed by atoms with van der Waals surface area (Å²) in [5.74, 6) is 0.258. The summed E-state index contributed by atoms with van der Waals surface area (Å²) < 4.78 is 1.60. The molecule has 2 aromatic rings. The summed E-state index contributed by atoms with van der Waals surface area (Å²) in [6.07, 6.45) is 4.97. The lowest BCUT2D eigenvalue weighted by atomic mass is 10.0. The van der Waals surface area contributed by atoms with Crippen LogP contribution in [0.5, 0.6) is 0 Å². The highest BCUT2D eigenvalue weighted by molar-refractivity contribution is 5.96. The highest BCUT2D eigenvalue weighted by Gasteiger charge is 2.18. The van der Waals surface area contributed by atoms with E-state index in [0.29, 0.717) is 5.70 Å². The molecular formula is C22H28N6. The molecule has 1 saturated heterocycles. The van der Waals surface area contributed by atoms with Crippen molar-refractivity contribution in [2.75, 3.05) is 26.7 Å². The van der Waals surface area contributed by atoms with Crippen LogP contribution in [0.4, 0.5) is 5.69 Å². The van der Waals surface area contributed by atoms with E-state index in [0.717, 1.165) is 61.3 Å². The summed E-state index contributed by atoms with van der Waals surface area (Å²) in [4.78, 5) is 6.25. The number of allylic oxidation sites excluding steroid dienone is 1. The molecule has 1 aliphatic rings. The molecule has 2 heterocycles. The second kappa shape index (κ2) is 8.80. The van der Waals surface area contributed by atoms with Crippen molar-refractivity contribution < 1.29 is 0 Å². The highest BCUT2D eigenvalue weighted by Crippen LogP contribution is 2.27. The lowest BCUT2D eigenvalue weighted by Gasteiger charge is -2.22. The minimum Gasteiger partial charge on any atom is -0.369 e. The fourth-order valence-electron chi connectivity index (χ4n) is 3.51. The zero-order valence-electron chi connectivity index (χ0n) is 16.5. The van der Waals surface area contributed by atoms with E-state index in [1.54, 1.807) is 10.6 Å². The molecule has 0 atom stereocenters. The van der Waals surface area contributed by atoms with Crippen molar-refractivity contribution in [3.05, 3.63) is 59.9 Å². The largest absolute Gasteiger partial charge is 0.369 e. The van der Waals surface area contributed by atoms with Crippen molar-refractivity contribution >= 4 is 18.2 Å². The number of benzene rings is 1. The van der Waals surface area contributed by atoms with Crippen LogP contribution in [0.2, 0.25) is 0 Å². The number of aliphatic imine (C=N–C) groups is 1. The van der Waals surface area contributed by atoms with E-state index in [9.17, 15) is 0 Å². The number of hydrogen-bond donors (Lipinski definition) is 3. The van der Waals surface area contributed by atoms with Gasteiger partial charge in [0.1, 0.15) is 5.49 Å². The lowest BCUT2D eigenvalue weighted by molar-refractivity contribution is 0.446. The quantitative estimate of drug-likeness (QED) is 0.512. The van der Waals surface area contributed by atoms with Gasteiger partial charge in [0.2, 0.25) is 0 Å². The SMILES string of the molecule is C=Nc1ccc(-c2ccc(=N)n(C(=N)C(=C)N3CCCC3)c2)cc1CCNC. The van der Waals surface area contributed by atoms with Gasteiger partial charge in [-0.25, -0.2) is 0 Å². The van der Waals surface area contributed by atoms with Crippen molar-refractivity contribution in [1.82, 2.24) is 14.8 Å². The minimum atomic E-state index is 0.258. The average molecular weight is 377 g/mol. The number of likely N-dealkylation sites (N-methyl/N-ethyl adjacent to an activating group) is 1. The molecule has 0 aliphatic carbocycles. The first-order valence-corrected chi connectivity index (χ1v) is 9.60. The van der Waals surface area contributed by atoms with Gasteiger partial charge in [-0.05, 0) is 80.5 Å². The molecule has 0 radical (unpaired) electrons. The van der Waals surface area contributed by atoms with E-state index in [4.69, 9.17) is 10.8 Å². The van der Waals surface area contributed by atoms with Gasteiger partial charge in [-0.1, -0.05) is 12.6 Å². The monoisotopic (exact) mass is 376 g/mol. The van der Waals surface area contributed by atoms with Crippen molar-refractivity contribution in [3.63, 3.8) is 0 Å². The molecule has 3 rings (SSSR count). The predicted octanol–water partition coefficient (Wildman–Crippen LogP) is 3.16. The summed E-state index contributed by atoms with van der Waals surface area (Å²) in [5, 5.41) is 20.0. The fraction of sp³-hybridized carbons (Fsp3) is 0.318. The summed E-state index contributed by atoms with van der Waals surface area (Å²) >= 11 is 0. The molecule has 0 bridgehead atoms. The first-order valence-electron chi connectivity index (χ1n) is 9.60. The topological polar surface area (TPSA) is 80.3 Å². The molecule has 0 saturated carbocycles. The van der Waals surface area contributed by atoms with Crippen LogP contribution < -0.4 is 10.8 Å². The van der Waals surface area contributed by atoms with Crippen LogP contribution in [-0.2, 0) is 6.42 Å². The Balaban J connectivity index is 1.94. The van der Waals surface area contributed by atoms with Crippen LogP contribution in [0.3, 0.4) is 0 Å². The van der Waals surface area contributed by atoms with Crippen LogP contribution in [0.15, 0.2) is 53.8 Å². The highest BCUT2D eigenvalue weighted by atomic mass is 15.2. The molecule has 1 fully saturated rings. The van der Waals surface area contributed by atoms with Crippen molar-refractivity contribution in [3.8, 4) is 11.1 Å². The molecule has 0 unspecified atom stereocenters. The average Bonchev–Trinajstić information content (AvgIpc) is 3.26. The van der Waals surface area contributed by atoms with Crippen molar-refractivity contribution in [1.29, 1.82) is 10.8 Å². The van der Waals surface area contributed by atoms with Crippen LogP contribution >= 0.6 is 0 Å². The number of rotatable bonds is 7. The molecule has 6 heteroatoms. The van der Waals surface area contributed by atoms with Gasteiger partial charge in [0.05, 0.1) is 11.4 Å². The number of hydrogen-bond acceptors (Lipinski definition) is 5. The molecule has 146 valence electrons. The normalized spacial score (nSPS) is 13.5. The van der Waals surface area contributed by atoms with E-state index in [-0.39, 0.29) is 11.3 Å². The first-order chi connectivity index (χ1) is 13.5. The Morgan fingerprint density at radius 3 is 2.57 bits per heavy atom. The predicted molar refractivity (Wildman–Crippen MR) is 116 cm³/mol. The molecule has 6 nitrogen and oxygen atoms in total. The third-order valence-corrected chi connectivity index (χ3v) is 5.18. The van der Waals surface area contributed by atoms with E-state index in [1.165, 1.54) is 0 Å². The summed E-state index contributed by atoms with van der Waals surface area (Å²) in [6, 6.07) is 9.75. The second-order valence-corrected chi connectivity index (χ2v) is 7.02. The summed E-state index contributed by atoms with van der Waals surface area (Å²) in [7, 11) is 1.93. The molecular weight excluding hydrogens is 348 g/mol. The maximum Gasteiger partial charge on any atom is 0.153 e. The maximum absolute atomic E-state index is 8.57. The number of nitrogens with zero attached hydrogens (tertiary/aromatic N) is 3. The van der Waals surface area contributed by atoms with Gasteiger partial charge >= 0.3 is 0 Å². The van der Waals surface area contributed by atoms with Crippen LogP contribution in [0, 0.1) is 10.8 Å². The zero-order chi connectivity index (χ0) is 20.1. The molecule has 28 heavy (non-hydrogen) atoms. The Bertz CT molecular complexity index is 950. The van der Waals surface area contributed by atoms with Crippen LogP contribution in [0.1, 0.15) is 18.4 Å². The van der Waals surface area contributed by atoms with Gasteiger partial charge in [0.25, 0.3) is 0 Å². The Kier molecular flexibility index (Phi) is 6.21. The van der Waals surface area contributed by atoms with Gasteiger partial charge in [0, 0.05) is 19.3 Å². The molecule has 1 aliphatic heterocycles. The van der Waals surface area contributed by atoms with Gasteiger partial charge in [-0.15, -0.1) is 0 Å². The molecule has 3 N–H and O–H groups in total. The van der Waals surface area contributed by atoms with Crippen molar-refractivity contribution in [2.45, 2.75) is 19.3 Å². The maximum atomic E-state index is 8.57. The smallest absolute Gasteiger partial charge is 0.153 e. The van der Waals surface area contributed by atoms with Gasteiger partial charge in [0.15, 0.2) is 5.84 Å². The number of pyridine rings is 1. The van der Waals surface area contributed by atoms with Crippen LogP contribution in [0.25, 0.3) is 11.1 Å². The van der Waals surface area contributed by atoms with E-state index in [2.05, 4.69) is 34.6 Å². The fourth-order valence-corrected chi connectivity index (χ4v) is 3.51. The van der Waals surface area contributed by atoms with Gasteiger partial charge in [-0.3, -0.25) is 20.4 Å². The summed E-state index contributed by atoms with van der Waals surface area (Å²) in [5.41, 5.74) is 4.95. The second-order valence-electron chi connectivity index (χ2n) is 7.02. The third kappa shape index (κ3) is 4.12. The minimum absolute atomic E-state index is 0.258. The van der Waals surface area contributed by atoms with Gasteiger partial charge < -0.3 is 10.2 Å². The zero-order valence-corrected chi connectivity index (χ0v) is 16.5. The Hall–Kier alpha value is -2.99. The lowest BCUT2D eigenvalue weighted by Crippen LogP contribution is -2.33. The van der Waals surface area contributed by atoms with E-state index < -0.39 is 0 Å². The number of nitrogens with one attached hydrogen (secondary N) is 3. The molecule has 0 spiro atoms. The molecule has 0 amide bonds. The Labute approximate surface area is 166 Å². The van der Waals surface area contributed by atoms with E-state index >= 15 is 0 Å². The Morgan fingerprint density at radius 2 is 1.89 bits per heavy atom. The van der Waals surface area contributed by atoms with Crippen LogP contribution in [-0.4, -0.2) is 48.7 Å². The standard InChI is InChI=1S/C22H28N6/c1-16(27-12-4-5-13-27)22(24)28-15-19(7-9-21(28)23)17-6-8-20(26-3)18(14-17)10-11-25-2/h6-9,14-15,23-25H,1,3-5,10-13H2,2H3. The van der Waals surface area contributed by atoms with Gasteiger partial charge in [-0.2, -0.15) is 0 Å². The molecule has 1 aromatic heterocycles. The Morgan fingerprint density at radius 1 is 1.18 bits per heavy atom. The van der Waals surface area contributed by atoms with E-state index in [1.807, 2.05) is 31.4 Å².